The molecule has 0 atom stereocenters. The van der Waals surface area contributed by atoms with Crippen LogP contribution in [0.3, 0.4) is 0 Å². The Kier molecular flexibility index (Phi) is 6.15. The minimum atomic E-state index is -0.534. The number of nitrogens with zero attached hydrogens (tertiary/aromatic N) is 2. The van der Waals surface area contributed by atoms with Gasteiger partial charge in [-0.2, -0.15) is 0 Å². The van der Waals surface area contributed by atoms with Gasteiger partial charge in [0.15, 0.2) is 5.16 Å². The second-order valence-electron chi connectivity index (χ2n) is 7.11. The van der Waals surface area contributed by atoms with Crippen molar-refractivity contribution in [3.63, 3.8) is 0 Å². The fourth-order valence-corrected chi connectivity index (χ4v) is 5.03. The Labute approximate surface area is 191 Å². The van der Waals surface area contributed by atoms with Crippen molar-refractivity contribution in [3.05, 3.63) is 74.8 Å². The van der Waals surface area contributed by atoms with Gasteiger partial charge in [-0.15, -0.1) is 11.3 Å². The van der Waals surface area contributed by atoms with Crippen molar-refractivity contribution < 1.29 is 14.0 Å². The molecule has 164 valence electrons. The summed E-state index contributed by atoms with van der Waals surface area (Å²) in [7, 11) is 0. The van der Waals surface area contributed by atoms with Gasteiger partial charge in [0.25, 0.3) is 5.56 Å². The summed E-state index contributed by atoms with van der Waals surface area (Å²) in [4.78, 5) is 43.3. The summed E-state index contributed by atoms with van der Waals surface area (Å²) in [6, 6.07) is 9.86. The van der Waals surface area contributed by atoms with Crippen LogP contribution in [0.15, 0.2) is 57.0 Å². The summed E-state index contributed by atoms with van der Waals surface area (Å²) >= 11 is 2.64. The summed E-state index contributed by atoms with van der Waals surface area (Å²) in [5, 5.41) is 3.81. The van der Waals surface area contributed by atoms with Gasteiger partial charge in [0.05, 0.1) is 23.9 Å². The summed E-state index contributed by atoms with van der Waals surface area (Å²) in [5.74, 6) is -0.122. The number of aromatic nitrogens is 2. The van der Waals surface area contributed by atoms with Crippen LogP contribution in [0.2, 0.25) is 0 Å². The highest BCUT2D eigenvalue weighted by Crippen LogP contribution is 2.28. The van der Waals surface area contributed by atoms with Crippen LogP contribution in [-0.2, 0) is 11.3 Å². The maximum absolute atomic E-state index is 13.3. The Morgan fingerprint density at radius 2 is 1.97 bits per heavy atom. The van der Waals surface area contributed by atoms with Crippen LogP contribution in [0.1, 0.15) is 26.6 Å². The van der Waals surface area contributed by atoms with Crippen LogP contribution in [0, 0.1) is 13.8 Å². The van der Waals surface area contributed by atoms with Gasteiger partial charge in [0.2, 0.25) is 11.8 Å². The van der Waals surface area contributed by atoms with Crippen LogP contribution in [-0.4, -0.2) is 27.1 Å². The van der Waals surface area contributed by atoms with Crippen LogP contribution < -0.4 is 16.6 Å². The number of nitrogens with two attached hydrogens (primary N) is 1. The molecule has 3 N–H and O–H groups in total. The Balaban J connectivity index is 1.58. The van der Waals surface area contributed by atoms with Crippen molar-refractivity contribution >= 4 is 50.8 Å². The number of benzene rings is 1. The average Bonchev–Trinajstić information content (AvgIpc) is 3.37. The molecule has 8 nitrogen and oxygen atoms in total. The number of thioether (sulfide) groups is 1. The number of hydrogen-bond donors (Lipinski definition) is 2. The summed E-state index contributed by atoms with van der Waals surface area (Å²) < 4.78 is 6.96. The predicted octanol–water partition coefficient (Wildman–Crippen LogP) is 3.55. The van der Waals surface area contributed by atoms with E-state index >= 15 is 0 Å². The first-order chi connectivity index (χ1) is 15.3. The average molecular weight is 469 g/mol. The molecule has 10 heteroatoms. The summed E-state index contributed by atoms with van der Waals surface area (Å²) in [6.45, 7) is 4.10. The van der Waals surface area contributed by atoms with Crippen LogP contribution >= 0.6 is 23.1 Å². The standard InChI is InChI=1S/C22H20N4O4S2/c1-12-13(2)32-20-18(12)21(29)26(10-16-4-3-9-30-16)22(25-20)31-11-17(27)24-15-7-5-14(6-8-15)19(23)28/h3-9H,10-11H2,1-2H3,(H2,23,28)(H,24,27). The maximum atomic E-state index is 13.3. The second-order valence-corrected chi connectivity index (χ2v) is 9.25. The zero-order valence-electron chi connectivity index (χ0n) is 17.4. The van der Waals surface area contributed by atoms with E-state index in [1.54, 1.807) is 47.2 Å². The maximum Gasteiger partial charge on any atom is 0.263 e. The van der Waals surface area contributed by atoms with Crippen LogP contribution in [0.4, 0.5) is 5.69 Å². The first-order valence-corrected chi connectivity index (χ1v) is 11.5. The second kappa shape index (κ2) is 9.01. The fraction of sp³-hybridized carbons (Fsp3) is 0.182. The van der Waals surface area contributed by atoms with Gasteiger partial charge in [-0.1, -0.05) is 11.8 Å². The molecule has 0 aliphatic carbocycles. The smallest absolute Gasteiger partial charge is 0.263 e. The predicted molar refractivity (Wildman–Crippen MR) is 125 cm³/mol. The molecule has 4 aromatic rings. The lowest BCUT2D eigenvalue weighted by atomic mass is 10.2. The number of amides is 2. The van der Waals surface area contributed by atoms with E-state index in [1.165, 1.54) is 23.1 Å². The summed E-state index contributed by atoms with van der Waals surface area (Å²) in [5.41, 5.74) is 6.90. The number of carbonyl (C=O) groups is 2. The third-order valence-corrected chi connectivity index (χ3v) is 7.01. The fourth-order valence-electron chi connectivity index (χ4n) is 3.16. The lowest BCUT2D eigenvalue weighted by Gasteiger charge is -2.11. The summed E-state index contributed by atoms with van der Waals surface area (Å²) in [6.07, 6.45) is 1.55. The van der Waals surface area contributed by atoms with Gasteiger partial charge in [-0.05, 0) is 55.8 Å². The van der Waals surface area contributed by atoms with Crippen molar-refractivity contribution in [2.75, 3.05) is 11.1 Å². The molecule has 0 unspecified atom stereocenters. The van der Waals surface area contributed by atoms with E-state index in [9.17, 15) is 14.4 Å². The third kappa shape index (κ3) is 4.46. The normalized spacial score (nSPS) is 11.1. The van der Waals surface area contributed by atoms with Gasteiger partial charge in [0, 0.05) is 16.1 Å². The highest BCUT2D eigenvalue weighted by atomic mass is 32.2. The molecular formula is C22H20N4O4S2. The van der Waals surface area contributed by atoms with Gasteiger partial charge < -0.3 is 15.5 Å². The van der Waals surface area contributed by atoms with E-state index in [-0.39, 0.29) is 23.8 Å². The molecule has 0 bridgehead atoms. The SMILES string of the molecule is Cc1sc2nc(SCC(=O)Nc3ccc(C(N)=O)cc3)n(Cc3ccco3)c(=O)c2c1C. The molecule has 4 rings (SSSR count). The van der Waals surface area contributed by atoms with Gasteiger partial charge in [-0.25, -0.2) is 4.98 Å². The first kappa shape index (κ1) is 21.8. The molecule has 0 saturated heterocycles. The third-order valence-electron chi connectivity index (χ3n) is 4.93. The van der Waals surface area contributed by atoms with Crippen molar-refractivity contribution in [3.8, 4) is 0 Å². The molecule has 0 saturated carbocycles. The number of furan rings is 1. The van der Waals surface area contributed by atoms with E-state index in [1.807, 2.05) is 13.8 Å². The minimum Gasteiger partial charge on any atom is -0.467 e. The lowest BCUT2D eigenvalue weighted by Crippen LogP contribution is -2.24. The number of thiophene rings is 1. The minimum absolute atomic E-state index is 0.0526. The molecule has 32 heavy (non-hydrogen) atoms. The largest absolute Gasteiger partial charge is 0.467 e. The van der Waals surface area contributed by atoms with E-state index in [0.717, 1.165) is 10.4 Å². The Hall–Kier alpha value is -3.37. The van der Waals surface area contributed by atoms with Crippen molar-refractivity contribution in [1.29, 1.82) is 0 Å². The highest BCUT2D eigenvalue weighted by Gasteiger charge is 2.18. The van der Waals surface area contributed by atoms with Crippen molar-refractivity contribution in [1.82, 2.24) is 9.55 Å². The molecule has 0 aliphatic rings. The molecular weight excluding hydrogens is 448 g/mol. The van der Waals surface area contributed by atoms with E-state index in [2.05, 4.69) is 10.3 Å². The van der Waals surface area contributed by atoms with E-state index in [0.29, 0.717) is 32.4 Å². The topological polar surface area (TPSA) is 120 Å². The molecule has 2 amide bonds. The molecule has 3 heterocycles. The number of hydrogen-bond acceptors (Lipinski definition) is 7. The molecule has 0 aliphatic heterocycles. The van der Waals surface area contributed by atoms with E-state index in [4.69, 9.17) is 10.2 Å². The lowest BCUT2D eigenvalue weighted by molar-refractivity contribution is -0.113. The molecule has 1 aromatic carbocycles. The Morgan fingerprint density at radius 3 is 2.62 bits per heavy atom. The zero-order chi connectivity index (χ0) is 22.8. The number of anilines is 1. The zero-order valence-corrected chi connectivity index (χ0v) is 19.0. The number of fused-ring (bicyclic) bond motifs is 1. The molecule has 0 fully saturated rings. The Morgan fingerprint density at radius 1 is 1.22 bits per heavy atom. The highest BCUT2D eigenvalue weighted by molar-refractivity contribution is 7.99. The number of primary amides is 1. The van der Waals surface area contributed by atoms with Gasteiger partial charge in [-0.3, -0.25) is 19.0 Å². The number of nitrogens with one attached hydrogen (secondary N) is 1. The molecule has 0 spiro atoms. The molecule has 3 aromatic heterocycles. The van der Waals surface area contributed by atoms with Gasteiger partial charge in [0.1, 0.15) is 10.6 Å². The monoisotopic (exact) mass is 468 g/mol. The van der Waals surface area contributed by atoms with Crippen LogP contribution in [0.5, 0.6) is 0 Å². The van der Waals surface area contributed by atoms with Crippen molar-refractivity contribution in [2.24, 2.45) is 5.73 Å². The number of carbonyl (C=O) groups excluding carboxylic acids is 2. The number of rotatable bonds is 7. The van der Waals surface area contributed by atoms with Crippen molar-refractivity contribution in [2.45, 2.75) is 25.5 Å². The van der Waals surface area contributed by atoms with Gasteiger partial charge >= 0.3 is 0 Å². The quantitative estimate of drug-likeness (QED) is 0.316. The molecule has 0 radical (unpaired) electrons. The number of aryl methyl sites for hydroxylation is 2. The van der Waals surface area contributed by atoms with E-state index < -0.39 is 5.91 Å². The first-order valence-electron chi connectivity index (χ1n) is 9.69. The Bertz CT molecular complexity index is 1360. The van der Waals surface area contributed by atoms with Crippen LogP contribution in [0.25, 0.3) is 10.2 Å².